The topological polar surface area (TPSA) is 63.3 Å². The van der Waals surface area contributed by atoms with Crippen molar-refractivity contribution in [1.82, 2.24) is 0 Å². The summed E-state index contributed by atoms with van der Waals surface area (Å²) in [5.74, 6) is -0.943. The van der Waals surface area contributed by atoms with Crippen molar-refractivity contribution < 1.29 is 9.90 Å². The number of benzene rings is 2. The van der Waals surface area contributed by atoms with Gasteiger partial charge in [-0.2, -0.15) is 0 Å². The van der Waals surface area contributed by atoms with E-state index in [0.717, 1.165) is 22.3 Å². The molecule has 1 aliphatic rings. The van der Waals surface area contributed by atoms with Crippen molar-refractivity contribution in [2.45, 2.75) is 12.8 Å². The molecule has 0 fully saturated rings. The summed E-state index contributed by atoms with van der Waals surface area (Å²) in [7, 11) is 0. The molecule has 3 heteroatoms. The molecule has 0 amide bonds. The number of anilines is 1. The molecule has 0 saturated carbocycles. The Hall–Kier alpha value is -2.55. The SMILES string of the molecule is Cc1cc(N)ccc1C1=C(C(=O)O)C1c1ccccc1. The second-order valence-electron chi connectivity index (χ2n) is 5.05. The smallest absolute Gasteiger partial charge is 0.332 e. The maximum Gasteiger partial charge on any atom is 0.332 e. The Kier molecular flexibility index (Phi) is 2.83. The van der Waals surface area contributed by atoms with E-state index in [1.807, 2.05) is 55.5 Å². The molecule has 1 aliphatic carbocycles. The second kappa shape index (κ2) is 4.53. The second-order valence-corrected chi connectivity index (χ2v) is 5.05. The summed E-state index contributed by atoms with van der Waals surface area (Å²) in [6.45, 7) is 1.96. The lowest BCUT2D eigenvalue weighted by Crippen LogP contribution is -1.94. The first kappa shape index (κ1) is 12.5. The van der Waals surface area contributed by atoms with Crippen LogP contribution in [0.1, 0.15) is 22.6 Å². The first-order chi connectivity index (χ1) is 9.59. The van der Waals surface area contributed by atoms with Crippen LogP contribution in [-0.4, -0.2) is 11.1 Å². The zero-order valence-corrected chi connectivity index (χ0v) is 11.1. The van der Waals surface area contributed by atoms with Gasteiger partial charge in [0, 0.05) is 11.6 Å². The summed E-state index contributed by atoms with van der Waals surface area (Å²) in [5, 5.41) is 9.38. The number of nitrogen functional groups attached to an aromatic ring is 1. The molecule has 20 heavy (non-hydrogen) atoms. The van der Waals surface area contributed by atoms with Gasteiger partial charge >= 0.3 is 5.97 Å². The third kappa shape index (κ3) is 1.97. The summed E-state index contributed by atoms with van der Waals surface area (Å²) in [5.41, 5.74) is 10.9. The van der Waals surface area contributed by atoms with Gasteiger partial charge in [-0.25, -0.2) is 4.79 Å². The predicted octanol–water partition coefficient (Wildman–Crippen LogP) is 3.21. The Morgan fingerprint density at radius 3 is 2.45 bits per heavy atom. The number of carbonyl (C=O) groups is 1. The van der Waals surface area contributed by atoms with Crippen molar-refractivity contribution in [3.05, 3.63) is 70.8 Å². The maximum atomic E-state index is 11.4. The van der Waals surface area contributed by atoms with Gasteiger partial charge in [-0.15, -0.1) is 0 Å². The number of aryl methyl sites for hydroxylation is 1. The molecule has 1 unspecified atom stereocenters. The molecule has 0 bridgehead atoms. The molecular weight excluding hydrogens is 250 g/mol. The minimum atomic E-state index is -0.843. The van der Waals surface area contributed by atoms with E-state index < -0.39 is 5.97 Å². The highest BCUT2D eigenvalue weighted by molar-refractivity contribution is 6.12. The number of allylic oxidation sites excluding steroid dienone is 1. The molecular formula is C17H15NO2. The molecule has 3 N–H and O–H groups in total. The van der Waals surface area contributed by atoms with E-state index in [4.69, 9.17) is 5.73 Å². The van der Waals surface area contributed by atoms with E-state index >= 15 is 0 Å². The molecule has 3 rings (SSSR count). The minimum absolute atomic E-state index is 0.101. The first-order valence-electron chi connectivity index (χ1n) is 6.48. The van der Waals surface area contributed by atoms with E-state index in [2.05, 4.69) is 0 Å². The molecule has 1 atom stereocenters. The summed E-state index contributed by atoms with van der Waals surface area (Å²) in [4.78, 5) is 11.4. The Bertz CT molecular complexity index is 717. The lowest BCUT2D eigenvalue weighted by molar-refractivity contribution is -0.132. The standard InChI is InChI=1S/C17H15NO2/c1-10-9-12(18)7-8-13(10)15-14(16(15)17(19)20)11-5-3-2-4-6-11/h2-9,14H,18H2,1H3,(H,19,20). The van der Waals surface area contributed by atoms with E-state index in [9.17, 15) is 9.90 Å². The molecule has 2 aromatic rings. The normalized spacial score (nSPS) is 17.1. The van der Waals surface area contributed by atoms with Crippen LogP contribution in [0.25, 0.3) is 5.57 Å². The molecule has 0 heterocycles. The van der Waals surface area contributed by atoms with Crippen LogP contribution >= 0.6 is 0 Å². The number of rotatable bonds is 3. The molecule has 0 aromatic heterocycles. The van der Waals surface area contributed by atoms with Gasteiger partial charge in [0.2, 0.25) is 0 Å². The third-order valence-corrected chi connectivity index (χ3v) is 3.69. The van der Waals surface area contributed by atoms with E-state index in [1.54, 1.807) is 0 Å². The van der Waals surface area contributed by atoms with E-state index in [0.29, 0.717) is 11.3 Å². The fourth-order valence-corrected chi connectivity index (χ4v) is 2.73. The first-order valence-corrected chi connectivity index (χ1v) is 6.48. The van der Waals surface area contributed by atoms with Crippen LogP contribution in [0.15, 0.2) is 54.1 Å². The fourth-order valence-electron chi connectivity index (χ4n) is 2.73. The van der Waals surface area contributed by atoms with Crippen LogP contribution in [0.4, 0.5) is 5.69 Å². The summed E-state index contributed by atoms with van der Waals surface area (Å²) in [6.07, 6.45) is 0. The van der Waals surface area contributed by atoms with Crippen LogP contribution < -0.4 is 5.73 Å². The molecule has 0 spiro atoms. The van der Waals surface area contributed by atoms with Gasteiger partial charge in [0.05, 0.1) is 5.57 Å². The van der Waals surface area contributed by atoms with Crippen molar-refractivity contribution in [1.29, 1.82) is 0 Å². The number of carboxylic acids is 1. The molecule has 0 saturated heterocycles. The molecule has 3 nitrogen and oxygen atoms in total. The third-order valence-electron chi connectivity index (χ3n) is 3.69. The van der Waals surface area contributed by atoms with Crippen molar-refractivity contribution in [2.75, 3.05) is 5.73 Å². The quantitative estimate of drug-likeness (QED) is 0.837. The maximum absolute atomic E-state index is 11.4. The average Bonchev–Trinajstić information content (AvgIpc) is 3.15. The lowest BCUT2D eigenvalue weighted by Gasteiger charge is -2.05. The van der Waals surface area contributed by atoms with Gasteiger partial charge in [-0.3, -0.25) is 0 Å². The van der Waals surface area contributed by atoms with Gasteiger partial charge < -0.3 is 10.8 Å². The fraction of sp³-hybridized carbons (Fsp3) is 0.118. The largest absolute Gasteiger partial charge is 0.478 e. The van der Waals surface area contributed by atoms with Crippen LogP contribution in [0.2, 0.25) is 0 Å². The molecule has 0 aliphatic heterocycles. The van der Waals surface area contributed by atoms with Crippen molar-refractivity contribution in [3.8, 4) is 0 Å². The van der Waals surface area contributed by atoms with Crippen molar-refractivity contribution >= 4 is 17.2 Å². The molecule has 2 aromatic carbocycles. The van der Waals surface area contributed by atoms with Gasteiger partial charge in [-0.1, -0.05) is 36.4 Å². The number of aliphatic carboxylic acids is 1. The molecule has 0 radical (unpaired) electrons. The van der Waals surface area contributed by atoms with Gasteiger partial charge in [0.1, 0.15) is 0 Å². The zero-order valence-electron chi connectivity index (χ0n) is 11.1. The van der Waals surface area contributed by atoms with Gasteiger partial charge in [0.25, 0.3) is 0 Å². The summed E-state index contributed by atoms with van der Waals surface area (Å²) >= 11 is 0. The average molecular weight is 265 g/mol. The number of hydrogen-bond acceptors (Lipinski definition) is 2. The monoisotopic (exact) mass is 265 g/mol. The van der Waals surface area contributed by atoms with E-state index in [1.165, 1.54) is 0 Å². The predicted molar refractivity (Wildman–Crippen MR) is 79.3 cm³/mol. The number of carboxylic acid groups (broad SMARTS) is 1. The Morgan fingerprint density at radius 1 is 1.15 bits per heavy atom. The Morgan fingerprint density at radius 2 is 1.85 bits per heavy atom. The number of hydrogen-bond donors (Lipinski definition) is 2. The van der Waals surface area contributed by atoms with Crippen molar-refractivity contribution in [2.24, 2.45) is 0 Å². The summed E-state index contributed by atoms with van der Waals surface area (Å²) in [6, 6.07) is 15.3. The van der Waals surface area contributed by atoms with Crippen LogP contribution in [0.3, 0.4) is 0 Å². The van der Waals surface area contributed by atoms with Crippen LogP contribution in [0, 0.1) is 6.92 Å². The minimum Gasteiger partial charge on any atom is -0.478 e. The molecule has 100 valence electrons. The Labute approximate surface area is 117 Å². The summed E-state index contributed by atoms with van der Waals surface area (Å²) < 4.78 is 0. The Balaban J connectivity index is 2.04. The lowest BCUT2D eigenvalue weighted by atomic mass is 9.99. The highest BCUT2D eigenvalue weighted by atomic mass is 16.4. The van der Waals surface area contributed by atoms with E-state index in [-0.39, 0.29) is 5.92 Å². The van der Waals surface area contributed by atoms with Crippen molar-refractivity contribution in [3.63, 3.8) is 0 Å². The highest BCUT2D eigenvalue weighted by Gasteiger charge is 2.43. The van der Waals surface area contributed by atoms with Crippen LogP contribution in [-0.2, 0) is 4.79 Å². The highest BCUT2D eigenvalue weighted by Crippen LogP contribution is 2.54. The number of nitrogens with two attached hydrogens (primary N) is 1. The zero-order chi connectivity index (χ0) is 14.3. The van der Waals surface area contributed by atoms with Gasteiger partial charge in [0.15, 0.2) is 0 Å². The van der Waals surface area contributed by atoms with Crippen LogP contribution in [0.5, 0.6) is 0 Å². The van der Waals surface area contributed by atoms with Gasteiger partial charge in [-0.05, 0) is 41.3 Å².